The fraction of sp³-hybridized carbons (Fsp3) is 0.647. The third-order valence-electron chi connectivity index (χ3n) is 4.17. The van der Waals surface area contributed by atoms with Crippen LogP contribution >= 0.6 is 15.9 Å². The fourth-order valence-corrected chi connectivity index (χ4v) is 3.24. The molecule has 21 heavy (non-hydrogen) atoms. The third-order valence-corrected chi connectivity index (χ3v) is 4.66. The molecule has 2 rings (SSSR count). The summed E-state index contributed by atoms with van der Waals surface area (Å²) in [6.07, 6.45) is 3.85. The number of hydrogen-bond acceptors (Lipinski definition) is 3. The molecule has 0 saturated carbocycles. The minimum Gasteiger partial charge on any atom is -0.376 e. The second-order valence-electron chi connectivity index (χ2n) is 5.79. The molecular formula is C17H27BrN2O. The van der Waals surface area contributed by atoms with Gasteiger partial charge < -0.3 is 15.0 Å². The number of nitrogens with one attached hydrogen (secondary N) is 1. The average Bonchev–Trinajstić information content (AvgIpc) is 2.52. The lowest BCUT2D eigenvalue weighted by molar-refractivity contribution is 0.0440. The first-order valence-electron chi connectivity index (χ1n) is 7.99. The zero-order valence-corrected chi connectivity index (χ0v) is 14.9. The monoisotopic (exact) mass is 354 g/mol. The molecule has 1 aliphatic rings. The molecule has 1 aromatic rings. The van der Waals surface area contributed by atoms with Crippen LogP contribution in [0.25, 0.3) is 0 Å². The zero-order chi connectivity index (χ0) is 15.2. The second kappa shape index (κ2) is 8.16. The number of anilines is 1. The van der Waals surface area contributed by atoms with Gasteiger partial charge in [-0.1, -0.05) is 28.9 Å². The molecule has 1 aliphatic heterocycles. The highest BCUT2D eigenvalue weighted by Crippen LogP contribution is 2.32. The number of rotatable bonds is 6. The van der Waals surface area contributed by atoms with Gasteiger partial charge in [-0.05, 0) is 50.9 Å². The maximum atomic E-state index is 5.97. The summed E-state index contributed by atoms with van der Waals surface area (Å²) in [6.45, 7) is 7.37. The first-order valence-corrected chi connectivity index (χ1v) is 8.78. The van der Waals surface area contributed by atoms with Gasteiger partial charge in [-0.2, -0.15) is 0 Å². The average molecular weight is 355 g/mol. The second-order valence-corrected chi connectivity index (χ2v) is 6.71. The number of benzene rings is 1. The minimum absolute atomic E-state index is 0.352. The van der Waals surface area contributed by atoms with E-state index in [2.05, 4.69) is 58.2 Å². The molecule has 4 heteroatoms. The SMILES string of the molecule is CCCOC1CCCN(c2cc(Br)ccc2C(C)NC)C1. The summed E-state index contributed by atoms with van der Waals surface area (Å²) < 4.78 is 7.11. The van der Waals surface area contributed by atoms with E-state index in [1.165, 1.54) is 24.1 Å². The number of hydrogen-bond donors (Lipinski definition) is 1. The van der Waals surface area contributed by atoms with E-state index in [0.29, 0.717) is 12.1 Å². The maximum Gasteiger partial charge on any atom is 0.0750 e. The van der Waals surface area contributed by atoms with Crippen LogP contribution < -0.4 is 10.2 Å². The van der Waals surface area contributed by atoms with Crippen LogP contribution in [0.1, 0.15) is 44.7 Å². The number of piperidine rings is 1. The Hall–Kier alpha value is -0.580. The van der Waals surface area contributed by atoms with E-state index in [9.17, 15) is 0 Å². The van der Waals surface area contributed by atoms with E-state index in [-0.39, 0.29) is 0 Å². The largest absolute Gasteiger partial charge is 0.376 e. The van der Waals surface area contributed by atoms with Crippen molar-refractivity contribution in [1.29, 1.82) is 0 Å². The summed E-state index contributed by atoms with van der Waals surface area (Å²) in [5.41, 5.74) is 2.69. The van der Waals surface area contributed by atoms with E-state index < -0.39 is 0 Å². The van der Waals surface area contributed by atoms with Crippen molar-refractivity contribution in [2.24, 2.45) is 0 Å². The molecule has 2 unspecified atom stereocenters. The molecule has 0 amide bonds. The molecule has 1 N–H and O–H groups in total. The van der Waals surface area contributed by atoms with Crippen LogP contribution in [-0.2, 0) is 4.74 Å². The van der Waals surface area contributed by atoms with Gasteiger partial charge in [-0.3, -0.25) is 0 Å². The molecule has 0 spiro atoms. The van der Waals surface area contributed by atoms with E-state index in [1.54, 1.807) is 0 Å². The Morgan fingerprint density at radius 2 is 2.29 bits per heavy atom. The van der Waals surface area contributed by atoms with Crippen LogP contribution in [0.15, 0.2) is 22.7 Å². The van der Waals surface area contributed by atoms with E-state index >= 15 is 0 Å². The summed E-state index contributed by atoms with van der Waals surface area (Å²) >= 11 is 3.61. The summed E-state index contributed by atoms with van der Waals surface area (Å²) in [5.74, 6) is 0. The summed E-state index contributed by atoms with van der Waals surface area (Å²) in [5, 5.41) is 3.35. The van der Waals surface area contributed by atoms with Crippen molar-refractivity contribution in [3.63, 3.8) is 0 Å². The Balaban J connectivity index is 2.17. The number of halogens is 1. The van der Waals surface area contributed by atoms with Crippen LogP contribution in [0.3, 0.4) is 0 Å². The molecule has 1 aromatic carbocycles. The number of ether oxygens (including phenoxy) is 1. The van der Waals surface area contributed by atoms with E-state index in [0.717, 1.165) is 30.6 Å². The van der Waals surface area contributed by atoms with Crippen molar-refractivity contribution in [3.8, 4) is 0 Å². The van der Waals surface area contributed by atoms with Crippen LogP contribution in [0, 0.1) is 0 Å². The minimum atomic E-state index is 0.352. The third kappa shape index (κ3) is 4.44. The lowest BCUT2D eigenvalue weighted by atomic mass is 10.0. The van der Waals surface area contributed by atoms with Gasteiger partial charge in [0.2, 0.25) is 0 Å². The molecule has 1 fully saturated rings. The van der Waals surface area contributed by atoms with Gasteiger partial charge in [-0.15, -0.1) is 0 Å². The highest BCUT2D eigenvalue weighted by molar-refractivity contribution is 9.10. The normalized spacial score (nSPS) is 20.6. The molecular weight excluding hydrogens is 328 g/mol. The molecule has 2 atom stereocenters. The Kier molecular flexibility index (Phi) is 6.52. The lowest BCUT2D eigenvalue weighted by Gasteiger charge is -2.36. The number of nitrogens with zero attached hydrogens (tertiary/aromatic N) is 1. The predicted molar refractivity (Wildman–Crippen MR) is 93.1 cm³/mol. The Labute approximate surface area is 137 Å². The molecule has 0 aliphatic carbocycles. The van der Waals surface area contributed by atoms with Crippen LogP contribution in [0.4, 0.5) is 5.69 Å². The molecule has 118 valence electrons. The van der Waals surface area contributed by atoms with Gasteiger partial charge in [0.15, 0.2) is 0 Å². The molecule has 0 bridgehead atoms. The highest BCUT2D eigenvalue weighted by Gasteiger charge is 2.23. The summed E-state index contributed by atoms with van der Waals surface area (Å²) in [7, 11) is 2.01. The van der Waals surface area contributed by atoms with Gasteiger partial charge in [0.05, 0.1) is 6.10 Å². The lowest BCUT2D eigenvalue weighted by Crippen LogP contribution is -2.40. The first-order chi connectivity index (χ1) is 10.2. The zero-order valence-electron chi connectivity index (χ0n) is 13.4. The van der Waals surface area contributed by atoms with Crippen LogP contribution in [0.5, 0.6) is 0 Å². The highest BCUT2D eigenvalue weighted by atomic mass is 79.9. The van der Waals surface area contributed by atoms with Gasteiger partial charge in [0.1, 0.15) is 0 Å². The molecule has 0 radical (unpaired) electrons. The fourth-order valence-electron chi connectivity index (χ4n) is 2.89. The Morgan fingerprint density at radius 3 is 3.00 bits per heavy atom. The van der Waals surface area contributed by atoms with Crippen LogP contribution in [0.2, 0.25) is 0 Å². The smallest absolute Gasteiger partial charge is 0.0750 e. The maximum absolute atomic E-state index is 5.97. The summed E-state index contributed by atoms with van der Waals surface area (Å²) in [4.78, 5) is 2.48. The van der Waals surface area contributed by atoms with Crippen molar-refractivity contribution in [2.75, 3.05) is 31.6 Å². The molecule has 1 saturated heterocycles. The van der Waals surface area contributed by atoms with Gasteiger partial charge >= 0.3 is 0 Å². The summed E-state index contributed by atoms with van der Waals surface area (Å²) in [6, 6.07) is 6.94. The standard InChI is InChI=1S/C17H27BrN2O/c1-4-10-21-15-6-5-9-20(12-15)17-11-14(18)7-8-16(17)13(2)19-3/h7-8,11,13,15,19H,4-6,9-10,12H2,1-3H3. The van der Waals surface area contributed by atoms with Crippen molar-refractivity contribution < 1.29 is 4.74 Å². The van der Waals surface area contributed by atoms with Crippen molar-refractivity contribution in [3.05, 3.63) is 28.2 Å². The topological polar surface area (TPSA) is 24.5 Å². The van der Waals surface area contributed by atoms with Crippen LogP contribution in [-0.4, -0.2) is 32.8 Å². The van der Waals surface area contributed by atoms with Gasteiger partial charge in [0.25, 0.3) is 0 Å². The van der Waals surface area contributed by atoms with Crippen molar-refractivity contribution in [2.45, 2.75) is 45.3 Å². The predicted octanol–water partition coefficient (Wildman–Crippen LogP) is 4.12. The van der Waals surface area contributed by atoms with E-state index in [1.807, 2.05) is 7.05 Å². The molecule has 0 aromatic heterocycles. The first kappa shape index (κ1) is 16.8. The molecule has 1 heterocycles. The molecule has 3 nitrogen and oxygen atoms in total. The van der Waals surface area contributed by atoms with Gasteiger partial charge in [-0.25, -0.2) is 0 Å². The quantitative estimate of drug-likeness (QED) is 0.831. The van der Waals surface area contributed by atoms with Crippen molar-refractivity contribution >= 4 is 21.6 Å². The van der Waals surface area contributed by atoms with Gasteiger partial charge in [0, 0.05) is 35.9 Å². The van der Waals surface area contributed by atoms with E-state index in [4.69, 9.17) is 4.74 Å². The Bertz CT molecular complexity index is 452. The Morgan fingerprint density at radius 1 is 1.48 bits per heavy atom. The van der Waals surface area contributed by atoms with Crippen molar-refractivity contribution in [1.82, 2.24) is 5.32 Å².